The monoisotopic (exact) mass is 391 g/mol. The molecule has 5 aromatic heterocycles. The van der Waals surface area contributed by atoms with Gasteiger partial charge < -0.3 is 10.3 Å². The molecule has 134 valence electrons. The number of thiophene rings is 2. The molecule has 0 spiro atoms. The SMILES string of the molecule is Cc1ccc(C)n1-c1ccsc1-c1cc2ncc(-c3ccsc3)c(N)n2n1. The summed E-state index contributed by atoms with van der Waals surface area (Å²) in [4.78, 5) is 5.69. The van der Waals surface area contributed by atoms with Crippen LogP contribution in [-0.2, 0) is 0 Å². The van der Waals surface area contributed by atoms with Crippen LogP contribution in [0.25, 0.3) is 33.0 Å². The Labute approximate surface area is 164 Å². The average molecular weight is 392 g/mol. The van der Waals surface area contributed by atoms with Crippen molar-refractivity contribution in [3.05, 3.63) is 64.1 Å². The summed E-state index contributed by atoms with van der Waals surface area (Å²) in [6, 6.07) is 10.4. The van der Waals surface area contributed by atoms with Gasteiger partial charge in [-0.25, -0.2) is 4.98 Å². The van der Waals surface area contributed by atoms with E-state index in [2.05, 4.69) is 52.4 Å². The maximum absolute atomic E-state index is 6.42. The molecular formula is C20H17N5S2. The van der Waals surface area contributed by atoms with Crippen molar-refractivity contribution in [1.82, 2.24) is 19.2 Å². The van der Waals surface area contributed by atoms with E-state index in [-0.39, 0.29) is 0 Å². The number of aromatic nitrogens is 4. The van der Waals surface area contributed by atoms with E-state index in [0.29, 0.717) is 5.82 Å². The van der Waals surface area contributed by atoms with E-state index in [1.54, 1.807) is 27.2 Å². The van der Waals surface area contributed by atoms with Crippen LogP contribution < -0.4 is 5.73 Å². The number of anilines is 1. The van der Waals surface area contributed by atoms with Crippen LogP contribution in [0.5, 0.6) is 0 Å². The van der Waals surface area contributed by atoms with Gasteiger partial charge in [0.05, 0.1) is 10.6 Å². The molecule has 0 aromatic carbocycles. The fourth-order valence-corrected chi connectivity index (χ4v) is 4.91. The summed E-state index contributed by atoms with van der Waals surface area (Å²) in [5.41, 5.74) is 13.6. The zero-order chi connectivity index (χ0) is 18.5. The van der Waals surface area contributed by atoms with Gasteiger partial charge in [0.15, 0.2) is 5.65 Å². The lowest BCUT2D eigenvalue weighted by Gasteiger charge is -2.09. The second-order valence-corrected chi connectivity index (χ2v) is 8.15. The lowest BCUT2D eigenvalue weighted by molar-refractivity contribution is 0.950. The van der Waals surface area contributed by atoms with Gasteiger partial charge in [-0.2, -0.15) is 21.0 Å². The highest BCUT2D eigenvalue weighted by molar-refractivity contribution is 7.14. The van der Waals surface area contributed by atoms with Gasteiger partial charge >= 0.3 is 0 Å². The first kappa shape index (κ1) is 16.3. The fourth-order valence-electron chi connectivity index (χ4n) is 3.42. The zero-order valence-electron chi connectivity index (χ0n) is 14.9. The topological polar surface area (TPSA) is 61.1 Å². The summed E-state index contributed by atoms with van der Waals surface area (Å²) in [7, 11) is 0. The van der Waals surface area contributed by atoms with Gasteiger partial charge in [0, 0.05) is 29.2 Å². The van der Waals surface area contributed by atoms with Crippen molar-refractivity contribution in [3.8, 4) is 27.4 Å². The average Bonchev–Trinajstić information content (AvgIpc) is 3.41. The molecule has 0 bridgehead atoms. The first-order valence-electron chi connectivity index (χ1n) is 8.53. The summed E-state index contributed by atoms with van der Waals surface area (Å²) in [6.07, 6.45) is 1.83. The van der Waals surface area contributed by atoms with Gasteiger partial charge in [-0.3, -0.25) is 0 Å². The number of hydrogen-bond donors (Lipinski definition) is 1. The van der Waals surface area contributed by atoms with Crippen LogP contribution in [0.1, 0.15) is 11.4 Å². The van der Waals surface area contributed by atoms with Crippen molar-refractivity contribution in [2.45, 2.75) is 13.8 Å². The second-order valence-electron chi connectivity index (χ2n) is 6.46. The van der Waals surface area contributed by atoms with Crippen LogP contribution >= 0.6 is 22.7 Å². The van der Waals surface area contributed by atoms with Gasteiger partial charge in [0.1, 0.15) is 11.5 Å². The second kappa shape index (κ2) is 6.07. The van der Waals surface area contributed by atoms with E-state index in [1.807, 2.05) is 23.7 Å². The Morgan fingerprint density at radius 1 is 1.04 bits per heavy atom. The molecule has 2 N–H and O–H groups in total. The number of nitrogens with zero attached hydrogens (tertiary/aromatic N) is 4. The molecule has 0 fully saturated rings. The molecule has 0 radical (unpaired) electrons. The molecule has 5 nitrogen and oxygen atoms in total. The molecule has 5 rings (SSSR count). The van der Waals surface area contributed by atoms with E-state index in [1.165, 1.54) is 11.4 Å². The van der Waals surface area contributed by atoms with Crippen LogP contribution in [0, 0.1) is 13.8 Å². The molecule has 5 heterocycles. The number of fused-ring (bicyclic) bond motifs is 1. The molecule has 27 heavy (non-hydrogen) atoms. The standard InChI is InChI=1S/C20H17N5S2/c1-12-3-4-13(2)24(12)17-6-8-27-19(17)16-9-18-22-10-15(14-5-7-26-11-14)20(21)25(18)23-16/h3-11H,21H2,1-2H3. The first-order valence-corrected chi connectivity index (χ1v) is 10.4. The van der Waals surface area contributed by atoms with E-state index < -0.39 is 0 Å². The molecule has 0 amide bonds. The molecule has 0 saturated heterocycles. The Kier molecular flexibility index (Phi) is 3.66. The molecule has 0 aliphatic carbocycles. The van der Waals surface area contributed by atoms with Crippen molar-refractivity contribution in [1.29, 1.82) is 0 Å². The van der Waals surface area contributed by atoms with Gasteiger partial charge in [-0.1, -0.05) is 0 Å². The van der Waals surface area contributed by atoms with E-state index in [0.717, 1.165) is 33.0 Å². The van der Waals surface area contributed by atoms with Crippen LogP contribution in [0.15, 0.2) is 52.7 Å². The highest BCUT2D eigenvalue weighted by Crippen LogP contribution is 2.35. The maximum Gasteiger partial charge on any atom is 0.157 e. The van der Waals surface area contributed by atoms with E-state index >= 15 is 0 Å². The largest absolute Gasteiger partial charge is 0.383 e. The van der Waals surface area contributed by atoms with Gasteiger partial charge in [-0.05, 0) is 59.8 Å². The summed E-state index contributed by atoms with van der Waals surface area (Å²) in [5, 5.41) is 11.0. The molecule has 0 aliphatic heterocycles. The molecular weight excluding hydrogens is 374 g/mol. The Hall–Kier alpha value is -2.90. The molecule has 7 heteroatoms. The number of rotatable bonds is 3. The molecule has 0 atom stereocenters. The number of hydrogen-bond acceptors (Lipinski definition) is 5. The smallest absolute Gasteiger partial charge is 0.157 e. The van der Waals surface area contributed by atoms with Gasteiger partial charge in [0.2, 0.25) is 0 Å². The minimum atomic E-state index is 0.607. The Morgan fingerprint density at radius 3 is 2.59 bits per heavy atom. The summed E-state index contributed by atoms with van der Waals surface area (Å²) in [5.74, 6) is 0.607. The van der Waals surface area contributed by atoms with Gasteiger partial charge in [0.25, 0.3) is 0 Å². The van der Waals surface area contributed by atoms with Crippen molar-refractivity contribution in [2.24, 2.45) is 0 Å². The number of nitrogens with two attached hydrogens (primary N) is 1. The third kappa shape index (κ3) is 2.50. The fraction of sp³-hybridized carbons (Fsp3) is 0.100. The predicted molar refractivity (Wildman–Crippen MR) is 113 cm³/mol. The lowest BCUT2D eigenvalue weighted by Crippen LogP contribution is -2.02. The molecule has 5 aromatic rings. The molecule has 0 unspecified atom stereocenters. The predicted octanol–water partition coefficient (Wildman–Crippen LogP) is 5.18. The maximum atomic E-state index is 6.42. The van der Waals surface area contributed by atoms with E-state index in [4.69, 9.17) is 10.8 Å². The minimum absolute atomic E-state index is 0.607. The quantitative estimate of drug-likeness (QED) is 0.461. The Balaban J connectivity index is 1.68. The van der Waals surface area contributed by atoms with Crippen LogP contribution in [-0.4, -0.2) is 19.2 Å². The van der Waals surface area contributed by atoms with E-state index in [9.17, 15) is 0 Å². The molecule has 0 saturated carbocycles. The van der Waals surface area contributed by atoms with Gasteiger partial charge in [-0.15, -0.1) is 11.3 Å². The Bertz CT molecular complexity index is 1240. The number of nitrogen functional groups attached to an aromatic ring is 1. The lowest BCUT2D eigenvalue weighted by atomic mass is 10.2. The van der Waals surface area contributed by atoms with Crippen LogP contribution in [0.3, 0.4) is 0 Å². The number of aryl methyl sites for hydroxylation is 2. The summed E-state index contributed by atoms with van der Waals surface area (Å²) in [6.45, 7) is 4.23. The van der Waals surface area contributed by atoms with Crippen LogP contribution in [0.4, 0.5) is 5.82 Å². The normalized spacial score (nSPS) is 11.5. The van der Waals surface area contributed by atoms with Crippen LogP contribution in [0.2, 0.25) is 0 Å². The van der Waals surface area contributed by atoms with Crippen molar-refractivity contribution in [2.75, 3.05) is 5.73 Å². The van der Waals surface area contributed by atoms with Crippen molar-refractivity contribution >= 4 is 34.1 Å². The highest BCUT2D eigenvalue weighted by atomic mass is 32.1. The minimum Gasteiger partial charge on any atom is -0.383 e. The third-order valence-corrected chi connectivity index (χ3v) is 6.35. The summed E-state index contributed by atoms with van der Waals surface area (Å²) < 4.78 is 3.99. The zero-order valence-corrected chi connectivity index (χ0v) is 16.5. The third-order valence-electron chi connectivity index (χ3n) is 4.74. The molecule has 0 aliphatic rings. The highest BCUT2D eigenvalue weighted by Gasteiger charge is 2.17. The first-order chi connectivity index (χ1) is 13.1. The van der Waals surface area contributed by atoms with Crippen molar-refractivity contribution in [3.63, 3.8) is 0 Å². The van der Waals surface area contributed by atoms with Crippen molar-refractivity contribution < 1.29 is 0 Å². The Morgan fingerprint density at radius 2 is 1.85 bits per heavy atom. The summed E-state index contributed by atoms with van der Waals surface area (Å²) >= 11 is 3.32.